The van der Waals surface area contributed by atoms with Crippen LogP contribution in [-0.2, 0) is 14.2 Å². The number of carbonyl (C=O) groups excluding carboxylic acids is 1. The van der Waals surface area contributed by atoms with Gasteiger partial charge in [0.15, 0.2) is 0 Å². The highest BCUT2D eigenvalue weighted by Gasteiger charge is 2.26. The normalized spacial score (nSPS) is 15.1. The highest BCUT2D eigenvalue weighted by atomic mass is 35.5. The number of hydrogen-bond donors (Lipinski definition) is 0. The maximum Gasteiger partial charge on any atom is 0.340 e. The Morgan fingerprint density at radius 2 is 1.94 bits per heavy atom. The summed E-state index contributed by atoms with van der Waals surface area (Å²) < 4.78 is 18.3. The van der Waals surface area contributed by atoms with Crippen molar-refractivity contribution in [1.29, 1.82) is 0 Å². The third kappa shape index (κ3) is 3.77. The molecule has 0 radical (unpaired) electrons. The Bertz CT molecular complexity index is 1380. The number of aromatic nitrogens is 3. The zero-order chi connectivity index (χ0) is 23.8. The Morgan fingerprint density at radius 3 is 2.68 bits per heavy atom. The summed E-state index contributed by atoms with van der Waals surface area (Å²) in [6.07, 6.45) is 1.39. The first kappa shape index (κ1) is 22.6. The topological polar surface area (TPSA) is 78.7 Å². The monoisotopic (exact) mass is 480 g/mol. The number of para-hydroxylation sites is 1. The van der Waals surface area contributed by atoms with Gasteiger partial charge in [0.25, 0.3) is 0 Å². The molecule has 0 saturated carbocycles. The van der Waals surface area contributed by atoms with Gasteiger partial charge in [-0.15, -0.1) is 0 Å². The minimum Gasteiger partial charge on any atom is -0.465 e. The van der Waals surface area contributed by atoms with Crippen LogP contribution in [0.25, 0.3) is 27.6 Å². The largest absolute Gasteiger partial charge is 0.465 e. The number of nitrogens with zero attached hydrogens (tertiary/aromatic N) is 4. The van der Waals surface area contributed by atoms with E-state index in [4.69, 9.17) is 30.8 Å². The van der Waals surface area contributed by atoms with Crippen LogP contribution >= 0.6 is 11.6 Å². The highest BCUT2D eigenvalue weighted by molar-refractivity contribution is 6.35. The molecule has 0 aliphatic carbocycles. The van der Waals surface area contributed by atoms with E-state index in [-0.39, 0.29) is 6.10 Å². The molecule has 0 N–H and O–H groups in total. The van der Waals surface area contributed by atoms with E-state index in [0.717, 1.165) is 35.4 Å². The molecular formula is C25H25ClN4O4. The zero-order valence-corrected chi connectivity index (χ0v) is 20.0. The van der Waals surface area contributed by atoms with Crippen LogP contribution in [-0.4, -0.2) is 61.0 Å². The lowest BCUT2D eigenvalue weighted by molar-refractivity contribution is 0.0602. The standard InChI is InChI=1S/C25H25ClN4O4/c1-15(32-2)24-28-23-18(25(31)33-3)13-16(29-9-11-34-12-10-29)14-21(23)30(24)20-7-8-27-22-17(20)5-4-6-19(22)26/h4-8,13-15H,9-12H2,1-3H3. The molecule has 1 atom stereocenters. The minimum atomic E-state index is -0.441. The lowest BCUT2D eigenvalue weighted by Gasteiger charge is -2.29. The number of halogens is 1. The second-order valence-electron chi connectivity index (χ2n) is 8.10. The summed E-state index contributed by atoms with van der Waals surface area (Å²) in [6.45, 7) is 4.65. The molecule has 2 aromatic heterocycles. The van der Waals surface area contributed by atoms with Gasteiger partial charge < -0.3 is 19.1 Å². The van der Waals surface area contributed by atoms with Gasteiger partial charge in [-0.05, 0) is 31.2 Å². The van der Waals surface area contributed by atoms with Crippen LogP contribution < -0.4 is 4.90 Å². The summed E-state index contributed by atoms with van der Waals surface area (Å²) in [5.74, 6) is 0.221. The van der Waals surface area contributed by atoms with Gasteiger partial charge in [-0.25, -0.2) is 9.78 Å². The number of imidazole rings is 1. The number of hydrogen-bond acceptors (Lipinski definition) is 7. The molecule has 3 heterocycles. The van der Waals surface area contributed by atoms with Gasteiger partial charge in [0, 0.05) is 37.5 Å². The van der Waals surface area contributed by atoms with E-state index in [1.165, 1.54) is 7.11 Å². The highest BCUT2D eigenvalue weighted by Crippen LogP contribution is 2.35. The molecule has 0 bridgehead atoms. The number of rotatable bonds is 5. The van der Waals surface area contributed by atoms with Crippen molar-refractivity contribution in [1.82, 2.24) is 14.5 Å². The van der Waals surface area contributed by atoms with Gasteiger partial charge in [0.05, 0.1) is 47.6 Å². The molecule has 0 amide bonds. The quantitative estimate of drug-likeness (QED) is 0.387. The lowest BCUT2D eigenvalue weighted by Crippen LogP contribution is -2.36. The van der Waals surface area contributed by atoms with E-state index in [1.54, 1.807) is 13.3 Å². The summed E-state index contributed by atoms with van der Waals surface area (Å²) in [4.78, 5) is 24.4. The minimum absolute atomic E-state index is 0.341. The first-order valence-corrected chi connectivity index (χ1v) is 11.4. The Kier molecular flexibility index (Phi) is 6.12. The summed E-state index contributed by atoms with van der Waals surface area (Å²) in [6, 6.07) is 11.5. The molecule has 9 heteroatoms. The molecule has 5 rings (SSSR count). The second kappa shape index (κ2) is 9.21. The second-order valence-corrected chi connectivity index (χ2v) is 8.51. The third-order valence-corrected chi connectivity index (χ3v) is 6.51. The fourth-order valence-electron chi connectivity index (χ4n) is 4.40. The molecule has 8 nitrogen and oxygen atoms in total. The van der Waals surface area contributed by atoms with Gasteiger partial charge in [-0.1, -0.05) is 23.7 Å². The van der Waals surface area contributed by atoms with E-state index in [9.17, 15) is 4.79 Å². The summed E-state index contributed by atoms with van der Waals surface area (Å²) in [5.41, 5.74) is 4.18. The zero-order valence-electron chi connectivity index (χ0n) is 19.2. The lowest BCUT2D eigenvalue weighted by atomic mass is 10.1. The molecule has 2 aromatic carbocycles. The van der Waals surface area contributed by atoms with Crippen LogP contribution in [0.2, 0.25) is 5.02 Å². The predicted octanol–water partition coefficient (Wildman–Crippen LogP) is 4.56. The van der Waals surface area contributed by atoms with E-state index in [2.05, 4.69) is 16.0 Å². The number of morpholine rings is 1. The number of carbonyl (C=O) groups is 1. The maximum atomic E-state index is 12.8. The average molecular weight is 481 g/mol. The van der Waals surface area contributed by atoms with Crippen molar-refractivity contribution in [3.8, 4) is 5.69 Å². The van der Waals surface area contributed by atoms with Crippen LogP contribution in [0.5, 0.6) is 0 Å². The first-order chi connectivity index (χ1) is 16.5. The van der Waals surface area contributed by atoms with Crippen molar-refractivity contribution in [3.05, 3.63) is 59.0 Å². The van der Waals surface area contributed by atoms with Crippen molar-refractivity contribution in [3.63, 3.8) is 0 Å². The fourth-order valence-corrected chi connectivity index (χ4v) is 4.62. The first-order valence-electron chi connectivity index (χ1n) is 11.1. The molecule has 4 aromatic rings. The van der Waals surface area contributed by atoms with Gasteiger partial charge in [0.2, 0.25) is 0 Å². The molecular weight excluding hydrogens is 456 g/mol. The number of ether oxygens (including phenoxy) is 3. The number of anilines is 1. The van der Waals surface area contributed by atoms with Crippen molar-refractivity contribution >= 4 is 45.2 Å². The van der Waals surface area contributed by atoms with E-state index in [1.807, 2.05) is 41.8 Å². The molecule has 34 heavy (non-hydrogen) atoms. The molecule has 1 unspecified atom stereocenters. The van der Waals surface area contributed by atoms with Crippen LogP contribution in [0.1, 0.15) is 29.2 Å². The van der Waals surface area contributed by atoms with Crippen molar-refractivity contribution in [2.24, 2.45) is 0 Å². The van der Waals surface area contributed by atoms with Crippen molar-refractivity contribution in [2.75, 3.05) is 45.4 Å². The summed E-state index contributed by atoms with van der Waals surface area (Å²) in [5, 5.41) is 1.43. The molecule has 1 saturated heterocycles. The molecule has 0 spiro atoms. The predicted molar refractivity (Wildman–Crippen MR) is 131 cm³/mol. The maximum absolute atomic E-state index is 12.8. The van der Waals surface area contributed by atoms with Crippen LogP contribution in [0, 0.1) is 0 Å². The van der Waals surface area contributed by atoms with Crippen LogP contribution in [0.3, 0.4) is 0 Å². The molecule has 176 valence electrons. The molecule has 1 aliphatic rings. The Balaban J connectivity index is 1.86. The molecule has 1 aliphatic heterocycles. The van der Waals surface area contributed by atoms with E-state index in [0.29, 0.717) is 40.7 Å². The number of pyridine rings is 1. The average Bonchev–Trinajstić information content (AvgIpc) is 3.27. The number of benzene rings is 2. The number of fused-ring (bicyclic) bond motifs is 2. The smallest absolute Gasteiger partial charge is 0.340 e. The summed E-state index contributed by atoms with van der Waals surface area (Å²) >= 11 is 6.46. The Hall–Kier alpha value is -3.20. The van der Waals surface area contributed by atoms with Crippen LogP contribution in [0.15, 0.2) is 42.6 Å². The van der Waals surface area contributed by atoms with Crippen molar-refractivity contribution in [2.45, 2.75) is 13.0 Å². The van der Waals surface area contributed by atoms with Gasteiger partial charge in [0.1, 0.15) is 17.4 Å². The SMILES string of the molecule is COC(=O)c1cc(N2CCOCC2)cc2c1nc(C(C)OC)n2-c1ccnc2c(Cl)cccc12. The van der Waals surface area contributed by atoms with Crippen molar-refractivity contribution < 1.29 is 19.0 Å². The Labute approximate surface area is 202 Å². The fraction of sp³-hybridized carbons (Fsp3) is 0.320. The Morgan fingerprint density at radius 1 is 1.15 bits per heavy atom. The summed E-state index contributed by atoms with van der Waals surface area (Å²) in [7, 11) is 3.01. The van der Waals surface area contributed by atoms with Crippen LogP contribution in [0.4, 0.5) is 5.69 Å². The van der Waals surface area contributed by atoms with Gasteiger partial charge in [-0.2, -0.15) is 0 Å². The number of methoxy groups -OCH3 is 2. The van der Waals surface area contributed by atoms with E-state index >= 15 is 0 Å². The third-order valence-electron chi connectivity index (χ3n) is 6.21. The molecule has 1 fully saturated rings. The van der Waals surface area contributed by atoms with Gasteiger partial charge in [-0.3, -0.25) is 9.55 Å². The van der Waals surface area contributed by atoms with E-state index < -0.39 is 5.97 Å². The van der Waals surface area contributed by atoms with Gasteiger partial charge >= 0.3 is 5.97 Å². The number of esters is 1.